The maximum Gasteiger partial charge on any atom is 0.221 e. The molecule has 1 amide bonds. The average molecular weight is 301 g/mol. The van der Waals surface area contributed by atoms with Crippen molar-refractivity contribution in [3.63, 3.8) is 0 Å². The number of rotatable bonds is 9. The first-order valence-corrected chi connectivity index (χ1v) is 6.88. The molecule has 2 N–H and O–H groups in total. The summed E-state index contributed by atoms with van der Waals surface area (Å²) in [7, 11) is 3.22. The van der Waals surface area contributed by atoms with Crippen LogP contribution in [0.15, 0.2) is 18.2 Å². The van der Waals surface area contributed by atoms with E-state index in [1.807, 2.05) is 6.07 Å². The number of benzene rings is 1. The van der Waals surface area contributed by atoms with E-state index in [1.54, 1.807) is 26.4 Å². The smallest absolute Gasteiger partial charge is 0.221 e. The first-order chi connectivity index (χ1) is 9.67. The number of amides is 1. The Hall–Kier alpha value is -1.46. The van der Waals surface area contributed by atoms with E-state index in [0.29, 0.717) is 36.9 Å². The quantitative estimate of drug-likeness (QED) is 0.687. The number of anilines is 1. The third-order valence-electron chi connectivity index (χ3n) is 2.68. The van der Waals surface area contributed by atoms with Gasteiger partial charge in [-0.2, -0.15) is 0 Å². The van der Waals surface area contributed by atoms with Crippen LogP contribution >= 0.6 is 11.6 Å². The number of halogens is 1. The van der Waals surface area contributed by atoms with Crippen molar-refractivity contribution >= 4 is 23.2 Å². The second-order valence-corrected chi connectivity index (χ2v) is 4.63. The van der Waals surface area contributed by atoms with Crippen molar-refractivity contribution in [2.45, 2.75) is 12.8 Å². The van der Waals surface area contributed by atoms with Crippen LogP contribution in [0.25, 0.3) is 0 Å². The van der Waals surface area contributed by atoms with Gasteiger partial charge in [-0.15, -0.1) is 0 Å². The largest absolute Gasteiger partial charge is 0.495 e. The topological polar surface area (TPSA) is 59.6 Å². The number of methoxy groups -OCH3 is 2. The van der Waals surface area contributed by atoms with E-state index in [2.05, 4.69) is 10.6 Å². The predicted molar refractivity (Wildman–Crippen MR) is 80.6 cm³/mol. The molecule has 0 unspecified atom stereocenters. The molecule has 0 radical (unpaired) electrons. The average Bonchev–Trinajstić information content (AvgIpc) is 2.44. The third-order valence-corrected chi connectivity index (χ3v) is 2.98. The molecule has 112 valence electrons. The van der Waals surface area contributed by atoms with Gasteiger partial charge in [-0.1, -0.05) is 11.6 Å². The zero-order valence-electron chi connectivity index (χ0n) is 11.9. The molecular weight excluding hydrogens is 280 g/mol. The van der Waals surface area contributed by atoms with Gasteiger partial charge < -0.3 is 20.1 Å². The van der Waals surface area contributed by atoms with E-state index in [-0.39, 0.29) is 5.91 Å². The van der Waals surface area contributed by atoms with Gasteiger partial charge in [-0.3, -0.25) is 4.79 Å². The molecule has 1 rings (SSSR count). The van der Waals surface area contributed by atoms with Crippen LogP contribution in [0.1, 0.15) is 12.8 Å². The maximum atomic E-state index is 11.5. The molecule has 0 aliphatic carbocycles. The number of ether oxygens (including phenoxy) is 2. The molecule has 5 nitrogen and oxygen atoms in total. The lowest BCUT2D eigenvalue weighted by atomic mass is 10.3. The van der Waals surface area contributed by atoms with Gasteiger partial charge in [0.2, 0.25) is 5.91 Å². The minimum Gasteiger partial charge on any atom is -0.495 e. The minimum absolute atomic E-state index is 0.0215. The summed E-state index contributed by atoms with van der Waals surface area (Å²) in [6.45, 7) is 1.85. The van der Waals surface area contributed by atoms with E-state index in [1.165, 1.54) is 0 Å². The van der Waals surface area contributed by atoms with Gasteiger partial charge >= 0.3 is 0 Å². The normalized spacial score (nSPS) is 10.2. The fourth-order valence-corrected chi connectivity index (χ4v) is 1.89. The van der Waals surface area contributed by atoms with E-state index in [0.717, 1.165) is 12.1 Å². The van der Waals surface area contributed by atoms with Gasteiger partial charge in [0.1, 0.15) is 5.75 Å². The van der Waals surface area contributed by atoms with Gasteiger partial charge in [0.25, 0.3) is 0 Å². The van der Waals surface area contributed by atoms with Crippen LogP contribution in [0.3, 0.4) is 0 Å². The molecule has 1 aromatic rings. The van der Waals surface area contributed by atoms with Crippen LogP contribution in [-0.2, 0) is 9.53 Å². The fourth-order valence-electron chi connectivity index (χ4n) is 1.63. The van der Waals surface area contributed by atoms with Crippen LogP contribution in [-0.4, -0.2) is 39.8 Å². The molecule has 0 fully saturated rings. The fraction of sp³-hybridized carbons (Fsp3) is 0.500. The molecule has 0 spiro atoms. The summed E-state index contributed by atoms with van der Waals surface area (Å²) in [5.74, 6) is 0.654. The first kappa shape index (κ1) is 16.6. The van der Waals surface area contributed by atoms with Crippen molar-refractivity contribution in [1.82, 2.24) is 5.32 Å². The maximum absolute atomic E-state index is 11.5. The van der Waals surface area contributed by atoms with Crippen LogP contribution in [0, 0.1) is 0 Å². The van der Waals surface area contributed by atoms with Gasteiger partial charge in [0.05, 0.1) is 12.1 Å². The highest BCUT2D eigenvalue weighted by atomic mass is 35.5. The highest BCUT2D eigenvalue weighted by Crippen LogP contribution is 2.26. The summed E-state index contributed by atoms with van der Waals surface area (Å²) in [6, 6.07) is 5.42. The number of hydrogen-bond acceptors (Lipinski definition) is 4. The highest BCUT2D eigenvalue weighted by molar-refractivity contribution is 6.32. The predicted octanol–water partition coefficient (Wildman–Crippen LogP) is 2.30. The molecule has 0 aromatic heterocycles. The van der Waals surface area contributed by atoms with E-state index in [9.17, 15) is 4.79 Å². The van der Waals surface area contributed by atoms with Crippen LogP contribution < -0.4 is 15.4 Å². The minimum atomic E-state index is 0.0215. The number of carbonyl (C=O) groups excluding carboxylic acids is 1. The SMILES string of the molecule is COCCCNC(=O)CCNc1ccc(OC)c(Cl)c1. The lowest BCUT2D eigenvalue weighted by molar-refractivity contribution is -0.120. The summed E-state index contributed by atoms with van der Waals surface area (Å²) in [5, 5.41) is 6.52. The molecule has 0 heterocycles. The molecule has 0 bridgehead atoms. The van der Waals surface area contributed by atoms with Crippen molar-refractivity contribution in [2.75, 3.05) is 39.2 Å². The second-order valence-electron chi connectivity index (χ2n) is 4.22. The van der Waals surface area contributed by atoms with Gasteiger partial charge in [-0.05, 0) is 24.6 Å². The Bertz CT molecular complexity index is 427. The van der Waals surface area contributed by atoms with Crippen molar-refractivity contribution in [3.8, 4) is 5.75 Å². The molecule has 6 heteroatoms. The molecule has 0 aliphatic heterocycles. The zero-order chi connectivity index (χ0) is 14.8. The Morgan fingerprint density at radius 3 is 2.75 bits per heavy atom. The first-order valence-electron chi connectivity index (χ1n) is 6.50. The summed E-state index contributed by atoms with van der Waals surface area (Å²) in [4.78, 5) is 11.5. The van der Waals surface area contributed by atoms with E-state index >= 15 is 0 Å². The Labute approximate surface area is 124 Å². The Kier molecular flexibility index (Phi) is 7.84. The van der Waals surface area contributed by atoms with Crippen molar-refractivity contribution in [1.29, 1.82) is 0 Å². The molecule has 0 atom stereocenters. The zero-order valence-corrected chi connectivity index (χ0v) is 12.6. The third kappa shape index (κ3) is 6.12. The van der Waals surface area contributed by atoms with Crippen molar-refractivity contribution in [3.05, 3.63) is 23.2 Å². The summed E-state index contributed by atoms with van der Waals surface area (Å²) in [5.41, 5.74) is 0.864. The molecule has 20 heavy (non-hydrogen) atoms. The summed E-state index contributed by atoms with van der Waals surface area (Å²) >= 11 is 6.01. The van der Waals surface area contributed by atoms with Crippen LogP contribution in [0.5, 0.6) is 5.75 Å². The van der Waals surface area contributed by atoms with E-state index in [4.69, 9.17) is 21.1 Å². The molecule has 0 aliphatic rings. The number of hydrogen-bond donors (Lipinski definition) is 2. The van der Waals surface area contributed by atoms with Crippen molar-refractivity contribution in [2.24, 2.45) is 0 Å². The van der Waals surface area contributed by atoms with Crippen LogP contribution in [0.2, 0.25) is 5.02 Å². The van der Waals surface area contributed by atoms with Gasteiger partial charge in [0.15, 0.2) is 0 Å². The van der Waals surface area contributed by atoms with E-state index < -0.39 is 0 Å². The van der Waals surface area contributed by atoms with Crippen molar-refractivity contribution < 1.29 is 14.3 Å². The number of carbonyl (C=O) groups is 1. The van der Waals surface area contributed by atoms with Crippen LogP contribution in [0.4, 0.5) is 5.69 Å². The lowest BCUT2D eigenvalue weighted by Gasteiger charge is -2.09. The molecule has 0 saturated carbocycles. The molecule has 1 aromatic carbocycles. The standard InChI is InChI=1S/C14H21ClN2O3/c1-19-9-3-7-17-14(18)6-8-16-11-4-5-13(20-2)12(15)10-11/h4-5,10,16H,3,6-9H2,1-2H3,(H,17,18). The second kappa shape index (κ2) is 9.44. The van der Waals surface area contributed by atoms with Gasteiger partial charge in [-0.25, -0.2) is 0 Å². The Morgan fingerprint density at radius 1 is 1.30 bits per heavy atom. The highest BCUT2D eigenvalue weighted by Gasteiger charge is 2.03. The summed E-state index contributed by atoms with van der Waals surface area (Å²) < 4.78 is 9.98. The molecule has 0 saturated heterocycles. The molecular formula is C14H21ClN2O3. The lowest BCUT2D eigenvalue weighted by Crippen LogP contribution is -2.26. The summed E-state index contributed by atoms with van der Waals surface area (Å²) in [6.07, 6.45) is 1.24. The Balaban J connectivity index is 2.23. The van der Waals surface area contributed by atoms with Gasteiger partial charge in [0, 0.05) is 38.9 Å². The monoisotopic (exact) mass is 300 g/mol. The Morgan fingerprint density at radius 2 is 2.10 bits per heavy atom. The number of nitrogens with one attached hydrogen (secondary N) is 2.